The van der Waals surface area contributed by atoms with E-state index in [4.69, 9.17) is 0 Å². The summed E-state index contributed by atoms with van der Waals surface area (Å²) in [6.07, 6.45) is 2.13. The number of quaternary nitrogens is 1. The molecule has 3 N–H and O–H groups in total. The Bertz CT molecular complexity index is 873. The van der Waals surface area contributed by atoms with Crippen LogP contribution in [0.25, 0.3) is 0 Å². The summed E-state index contributed by atoms with van der Waals surface area (Å²) >= 11 is 0. The molecule has 1 aliphatic carbocycles. The van der Waals surface area contributed by atoms with Crippen molar-refractivity contribution in [2.75, 3.05) is 38.0 Å². The van der Waals surface area contributed by atoms with Gasteiger partial charge in [0.2, 0.25) is 15.9 Å². The van der Waals surface area contributed by atoms with Crippen LogP contribution in [-0.4, -0.2) is 63.3 Å². The van der Waals surface area contributed by atoms with Gasteiger partial charge in [0.1, 0.15) is 0 Å². The Hall–Kier alpha value is -1.97. The molecule has 2 aliphatic heterocycles. The van der Waals surface area contributed by atoms with Crippen molar-refractivity contribution in [1.82, 2.24) is 9.62 Å². The summed E-state index contributed by atoms with van der Waals surface area (Å²) in [6, 6.07) is 5.17. The van der Waals surface area contributed by atoms with Gasteiger partial charge in [0.05, 0.1) is 37.0 Å². The van der Waals surface area contributed by atoms with Gasteiger partial charge in [-0.2, -0.15) is 4.31 Å². The molecule has 9 heteroatoms. The lowest BCUT2D eigenvalue weighted by Gasteiger charge is -2.31. The molecule has 1 atom stereocenters. The van der Waals surface area contributed by atoms with E-state index in [9.17, 15) is 18.0 Å². The van der Waals surface area contributed by atoms with Gasteiger partial charge in [-0.25, -0.2) is 8.42 Å². The van der Waals surface area contributed by atoms with Crippen molar-refractivity contribution in [2.45, 2.75) is 36.6 Å². The van der Waals surface area contributed by atoms with Crippen LogP contribution < -0.4 is 15.5 Å². The summed E-state index contributed by atoms with van der Waals surface area (Å²) in [5.41, 5.74) is 1.41. The number of hydrogen-bond donors (Lipinski definition) is 3. The number of sulfonamides is 1. The second-order valence-corrected chi connectivity index (χ2v) is 9.57. The minimum atomic E-state index is -3.61. The molecule has 8 nitrogen and oxygen atoms in total. The first-order chi connectivity index (χ1) is 12.8. The summed E-state index contributed by atoms with van der Waals surface area (Å²) in [5.74, 6) is -0.406. The van der Waals surface area contributed by atoms with Crippen molar-refractivity contribution < 1.29 is 22.9 Å². The van der Waals surface area contributed by atoms with Gasteiger partial charge in [0.25, 0.3) is 5.91 Å². The highest BCUT2D eigenvalue weighted by molar-refractivity contribution is 7.89. The van der Waals surface area contributed by atoms with Crippen LogP contribution in [0.2, 0.25) is 0 Å². The molecule has 1 saturated heterocycles. The van der Waals surface area contributed by atoms with Gasteiger partial charge in [-0.1, -0.05) is 0 Å². The fraction of sp³-hybridized carbons (Fsp3) is 0.556. The second-order valence-electron chi connectivity index (χ2n) is 7.63. The molecule has 0 aromatic heterocycles. The molecule has 27 heavy (non-hydrogen) atoms. The fourth-order valence-corrected chi connectivity index (χ4v) is 5.13. The van der Waals surface area contributed by atoms with Gasteiger partial charge in [0.15, 0.2) is 6.54 Å². The maximum Gasteiger partial charge on any atom is 0.275 e. The van der Waals surface area contributed by atoms with E-state index >= 15 is 0 Å². The van der Waals surface area contributed by atoms with Crippen molar-refractivity contribution in [3.63, 3.8) is 0 Å². The number of hydrogen-bond acceptors (Lipinski definition) is 4. The maximum absolute atomic E-state index is 13.0. The van der Waals surface area contributed by atoms with Gasteiger partial charge < -0.3 is 15.5 Å². The molecule has 146 valence electrons. The highest BCUT2D eigenvalue weighted by Crippen LogP contribution is 2.34. The minimum Gasteiger partial charge on any atom is -0.348 e. The first-order valence-corrected chi connectivity index (χ1v) is 10.9. The number of nitrogens with zero attached hydrogens (tertiary/aromatic N) is 1. The van der Waals surface area contributed by atoms with Gasteiger partial charge in [-0.3, -0.25) is 9.59 Å². The predicted molar refractivity (Wildman–Crippen MR) is 99.0 cm³/mol. The van der Waals surface area contributed by atoms with E-state index in [0.29, 0.717) is 44.5 Å². The Morgan fingerprint density at radius 1 is 1.30 bits per heavy atom. The second kappa shape index (κ2) is 6.88. The molecule has 1 saturated carbocycles. The number of piperazine rings is 1. The average molecular weight is 393 g/mol. The van der Waals surface area contributed by atoms with E-state index in [1.165, 1.54) is 4.31 Å². The highest BCUT2D eigenvalue weighted by Gasteiger charge is 2.34. The Morgan fingerprint density at radius 2 is 2.00 bits per heavy atom. The zero-order valence-electron chi connectivity index (χ0n) is 15.3. The topological polar surface area (TPSA) is 100 Å². The van der Waals surface area contributed by atoms with E-state index in [-0.39, 0.29) is 22.6 Å². The number of carbonyl (C=O) groups excluding carboxylic acids is 2. The predicted octanol–water partition coefficient (Wildman–Crippen LogP) is -1.09. The summed E-state index contributed by atoms with van der Waals surface area (Å²) in [6.45, 7) is 4.16. The summed E-state index contributed by atoms with van der Waals surface area (Å²) in [5, 5.41) is 5.73. The van der Waals surface area contributed by atoms with Crippen LogP contribution in [0, 0.1) is 0 Å². The fourth-order valence-electron chi connectivity index (χ4n) is 3.66. The van der Waals surface area contributed by atoms with Gasteiger partial charge >= 0.3 is 0 Å². The van der Waals surface area contributed by atoms with Crippen molar-refractivity contribution in [1.29, 1.82) is 0 Å². The van der Waals surface area contributed by atoms with Gasteiger partial charge in [-0.05, 0) is 43.5 Å². The average Bonchev–Trinajstić information content (AvgIpc) is 3.40. The summed E-state index contributed by atoms with van der Waals surface area (Å²) in [7, 11) is -3.61. The molecule has 1 aromatic carbocycles. The third-order valence-electron chi connectivity index (χ3n) is 5.56. The standard InChI is InChI=1S/C18H24N4O4S/c1-12-15-10-14(4-5-16(15)20-18(12)24)27(25,26)22-8-6-21(7-9-22)11-17(23)19-13-2-3-13/h4-5,10,12-13H,2-3,6-9,11H2,1H3,(H,19,23)(H,20,24)/p+1/t12-/m0/s1. The zero-order valence-corrected chi connectivity index (χ0v) is 16.1. The molecule has 2 heterocycles. The lowest BCUT2D eigenvalue weighted by molar-refractivity contribution is -0.895. The lowest BCUT2D eigenvalue weighted by Crippen LogP contribution is -3.15. The molecular weight excluding hydrogens is 368 g/mol. The molecule has 4 rings (SSSR count). The summed E-state index contributed by atoms with van der Waals surface area (Å²) < 4.78 is 27.5. The Labute approximate surface area is 158 Å². The van der Waals surface area contributed by atoms with Crippen LogP contribution >= 0.6 is 0 Å². The van der Waals surface area contributed by atoms with E-state index < -0.39 is 10.0 Å². The molecule has 0 unspecified atom stereocenters. The Kier molecular flexibility index (Phi) is 4.69. The molecule has 0 radical (unpaired) electrons. The SMILES string of the molecule is C[C@@H]1C(=O)Nc2ccc(S(=O)(=O)N3CC[NH+](CC(=O)NC4CC4)CC3)cc21. The van der Waals surface area contributed by atoms with Gasteiger partial charge in [0, 0.05) is 11.7 Å². The number of rotatable bonds is 5. The largest absolute Gasteiger partial charge is 0.348 e. The molecule has 2 fully saturated rings. The number of benzene rings is 1. The van der Waals surface area contributed by atoms with Crippen molar-refractivity contribution in [3.8, 4) is 0 Å². The van der Waals surface area contributed by atoms with Gasteiger partial charge in [-0.15, -0.1) is 0 Å². The number of carbonyl (C=O) groups is 2. The highest BCUT2D eigenvalue weighted by atomic mass is 32.2. The van der Waals surface area contributed by atoms with E-state index in [1.54, 1.807) is 25.1 Å². The molecule has 3 aliphatic rings. The minimum absolute atomic E-state index is 0.0496. The number of amides is 2. The quantitative estimate of drug-likeness (QED) is 0.592. The maximum atomic E-state index is 13.0. The van der Waals surface area contributed by atoms with E-state index in [1.807, 2.05) is 0 Å². The van der Waals surface area contributed by atoms with E-state index in [2.05, 4.69) is 10.6 Å². The monoisotopic (exact) mass is 393 g/mol. The van der Waals surface area contributed by atoms with Crippen molar-refractivity contribution in [2.24, 2.45) is 0 Å². The van der Waals surface area contributed by atoms with Crippen LogP contribution in [0.5, 0.6) is 0 Å². The van der Waals surface area contributed by atoms with E-state index in [0.717, 1.165) is 23.3 Å². The third kappa shape index (κ3) is 3.71. The third-order valence-corrected chi connectivity index (χ3v) is 7.46. The molecule has 2 amide bonds. The molecular formula is C18H25N4O4S+. The summed E-state index contributed by atoms with van der Waals surface area (Å²) in [4.78, 5) is 25.0. The Balaban J connectivity index is 1.40. The lowest BCUT2D eigenvalue weighted by atomic mass is 10.0. The van der Waals surface area contributed by atoms with Crippen LogP contribution in [0.15, 0.2) is 23.1 Å². The first kappa shape index (κ1) is 18.4. The molecule has 0 spiro atoms. The van der Waals surface area contributed by atoms with Crippen molar-refractivity contribution >= 4 is 27.5 Å². The van der Waals surface area contributed by atoms with Crippen LogP contribution in [0.3, 0.4) is 0 Å². The number of fused-ring (bicyclic) bond motifs is 1. The number of nitrogens with one attached hydrogen (secondary N) is 3. The number of anilines is 1. The molecule has 1 aromatic rings. The smallest absolute Gasteiger partial charge is 0.275 e. The van der Waals surface area contributed by atoms with Crippen LogP contribution in [-0.2, 0) is 19.6 Å². The molecule has 0 bridgehead atoms. The van der Waals surface area contributed by atoms with Crippen molar-refractivity contribution in [3.05, 3.63) is 23.8 Å². The zero-order chi connectivity index (χ0) is 19.2. The first-order valence-electron chi connectivity index (χ1n) is 9.42. The van der Waals surface area contributed by atoms with Crippen LogP contribution in [0.4, 0.5) is 5.69 Å². The Morgan fingerprint density at radius 3 is 2.67 bits per heavy atom. The van der Waals surface area contributed by atoms with Crippen LogP contribution in [0.1, 0.15) is 31.2 Å². The normalized spacial score (nSPS) is 23.7.